The molecule has 0 bridgehead atoms. The lowest BCUT2D eigenvalue weighted by atomic mass is 10.1. The molecule has 0 aliphatic heterocycles. The standard InChI is InChI=1S/C27H27N3O3/c1-3-25-18(2)14-21(33-25)16-23(27(31)32)30-26-22(15-19-10-6-4-7-11-19)29-24(17-28-26)20-12-8-5-9-13-20/h4-14,17,23H,3,15-16H2,1-2H3,(H,28,30)(H,31,32). The molecule has 0 saturated carbocycles. The maximum Gasteiger partial charge on any atom is 0.326 e. The van der Waals surface area contributed by atoms with Crippen LogP contribution in [-0.2, 0) is 24.1 Å². The summed E-state index contributed by atoms with van der Waals surface area (Å²) >= 11 is 0. The lowest BCUT2D eigenvalue weighted by Crippen LogP contribution is -2.32. The van der Waals surface area contributed by atoms with Crippen LogP contribution in [0.5, 0.6) is 0 Å². The second-order valence-corrected chi connectivity index (χ2v) is 7.99. The number of rotatable bonds is 9. The molecule has 0 amide bonds. The number of aliphatic carboxylic acids is 1. The second kappa shape index (κ2) is 10.1. The van der Waals surface area contributed by atoms with Crippen molar-refractivity contribution < 1.29 is 14.3 Å². The molecule has 33 heavy (non-hydrogen) atoms. The number of benzene rings is 2. The third kappa shape index (κ3) is 5.47. The van der Waals surface area contributed by atoms with Gasteiger partial charge in [0, 0.05) is 24.8 Å². The van der Waals surface area contributed by atoms with Crippen LogP contribution in [0, 0.1) is 6.92 Å². The van der Waals surface area contributed by atoms with Gasteiger partial charge in [-0.1, -0.05) is 67.6 Å². The van der Waals surface area contributed by atoms with Crippen LogP contribution in [0.2, 0.25) is 0 Å². The van der Waals surface area contributed by atoms with Gasteiger partial charge in [-0.05, 0) is 24.1 Å². The fraction of sp³-hybridized carbons (Fsp3) is 0.222. The molecular weight excluding hydrogens is 414 g/mol. The highest BCUT2D eigenvalue weighted by atomic mass is 16.4. The predicted molar refractivity (Wildman–Crippen MR) is 128 cm³/mol. The Hall–Kier alpha value is -3.93. The molecular formula is C27H27N3O3. The number of carbonyl (C=O) groups is 1. The SMILES string of the molecule is CCc1oc(CC(Nc2ncc(-c3ccccc3)nc2Cc2ccccc2)C(=O)O)cc1C. The van der Waals surface area contributed by atoms with Gasteiger partial charge in [0.2, 0.25) is 0 Å². The summed E-state index contributed by atoms with van der Waals surface area (Å²) in [6.45, 7) is 3.99. The Morgan fingerprint density at radius 2 is 1.79 bits per heavy atom. The van der Waals surface area contributed by atoms with E-state index in [4.69, 9.17) is 9.40 Å². The number of furan rings is 1. The van der Waals surface area contributed by atoms with E-state index in [1.54, 1.807) is 6.20 Å². The third-order valence-electron chi connectivity index (χ3n) is 5.54. The van der Waals surface area contributed by atoms with Gasteiger partial charge in [-0.25, -0.2) is 14.8 Å². The molecule has 0 radical (unpaired) electrons. The quantitative estimate of drug-likeness (QED) is 0.366. The lowest BCUT2D eigenvalue weighted by molar-refractivity contribution is -0.138. The van der Waals surface area contributed by atoms with E-state index >= 15 is 0 Å². The molecule has 0 spiro atoms. The van der Waals surface area contributed by atoms with E-state index in [-0.39, 0.29) is 6.42 Å². The highest BCUT2D eigenvalue weighted by Gasteiger charge is 2.23. The predicted octanol–water partition coefficient (Wildman–Crippen LogP) is 5.31. The zero-order valence-corrected chi connectivity index (χ0v) is 18.8. The molecule has 0 aliphatic carbocycles. The normalized spacial score (nSPS) is 11.8. The summed E-state index contributed by atoms with van der Waals surface area (Å²) in [5.41, 5.74) is 4.50. The molecule has 0 fully saturated rings. The fourth-order valence-corrected chi connectivity index (χ4v) is 3.82. The summed E-state index contributed by atoms with van der Waals surface area (Å²) < 4.78 is 5.85. The first kappa shape index (κ1) is 22.3. The number of nitrogens with zero attached hydrogens (tertiary/aromatic N) is 2. The smallest absolute Gasteiger partial charge is 0.326 e. The van der Waals surface area contributed by atoms with Gasteiger partial charge >= 0.3 is 5.97 Å². The monoisotopic (exact) mass is 441 g/mol. The molecule has 0 aliphatic rings. The molecule has 2 N–H and O–H groups in total. The van der Waals surface area contributed by atoms with Gasteiger partial charge in [-0.15, -0.1) is 0 Å². The Labute approximate surface area is 193 Å². The summed E-state index contributed by atoms with van der Waals surface area (Å²) in [7, 11) is 0. The maximum absolute atomic E-state index is 12.1. The third-order valence-corrected chi connectivity index (χ3v) is 5.54. The van der Waals surface area contributed by atoms with Crippen LogP contribution >= 0.6 is 0 Å². The minimum atomic E-state index is -0.971. The fourth-order valence-electron chi connectivity index (χ4n) is 3.82. The average molecular weight is 442 g/mol. The molecule has 1 unspecified atom stereocenters. The molecule has 168 valence electrons. The highest BCUT2D eigenvalue weighted by Crippen LogP contribution is 2.23. The Morgan fingerprint density at radius 3 is 2.42 bits per heavy atom. The number of aryl methyl sites for hydroxylation is 2. The van der Waals surface area contributed by atoms with E-state index in [9.17, 15) is 9.90 Å². The van der Waals surface area contributed by atoms with Crippen molar-refractivity contribution in [3.63, 3.8) is 0 Å². The number of hydrogen-bond acceptors (Lipinski definition) is 5. The van der Waals surface area contributed by atoms with Crippen molar-refractivity contribution in [1.29, 1.82) is 0 Å². The summed E-state index contributed by atoms with van der Waals surface area (Å²) in [5.74, 6) is 1.01. The zero-order chi connectivity index (χ0) is 23.2. The van der Waals surface area contributed by atoms with E-state index < -0.39 is 12.0 Å². The molecule has 2 aromatic heterocycles. The van der Waals surface area contributed by atoms with Crippen LogP contribution in [0.1, 0.15) is 35.3 Å². The van der Waals surface area contributed by atoms with Crippen LogP contribution in [-0.4, -0.2) is 27.1 Å². The Morgan fingerprint density at radius 1 is 1.09 bits per heavy atom. The number of nitrogens with one attached hydrogen (secondary N) is 1. The van der Waals surface area contributed by atoms with Crippen molar-refractivity contribution in [3.8, 4) is 11.3 Å². The average Bonchev–Trinajstić information content (AvgIpc) is 3.19. The largest absolute Gasteiger partial charge is 0.480 e. The highest BCUT2D eigenvalue weighted by molar-refractivity contribution is 5.77. The number of carboxylic acid groups (broad SMARTS) is 1. The first-order valence-electron chi connectivity index (χ1n) is 11.1. The molecule has 2 heterocycles. The first-order chi connectivity index (χ1) is 16.0. The second-order valence-electron chi connectivity index (χ2n) is 7.99. The van der Waals surface area contributed by atoms with Gasteiger partial charge in [0.25, 0.3) is 0 Å². The summed E-state index contributed by atoms with van der Waals surface area (Å²) in [5, 5.41) is 13.0. The molecule has 2 aromatic carbocycles. The Bertz CT molecular complexity index is 1220. The molecule has 6 heteroatoms. The number of aromatic nitrogens is 2. The van der Waals surface area contributed by atoms with E-state index in [0.717, 1.165) is 34.6 Å². The van der Waals surface area contributed by atoms with Crippen LogP contribution in [0.25, 0.3) is 11.3 Å². The molecule has 4 rings (SSSR count). The topological polar surface area (TPSA) is 88.3 Å². The van der Waals surface area contributed by atoms with E-state index in [1.807, 2.05) is 80.6 Å². The van der Waals surface area contributed by atoms with Gasteiger partial charge < -0.3 is 14.8 Å². The molecule has 4 aromatic rings. The van der Waals surface area contributed by atoms with Crippen molar-refractivity contribution in [2.45, 2.75) is 39.2 Å². The van der Waals surface area contributed by atoms with Gasteiger partial charge in [0.15, 0.2) is 0 Å². The van der Waals surface area contributed by atoms with Gasteiger partial charge in [-0.2, -0.15) is 0 Å². The van der Waals surface area contributed by atoms with Crippen molar-refractivity contribution in [2.75, 3.05) is 5.32 Å². The molecule has 1 atom stereocenters. The summed E-state index contributed by atoms with van der Waals surface area (Å²) in [6, 6.07) is 20.8. The lowest BCUT2D eigenvalue weighted by Gasteiger charge is -2.17. The van der Waals surface area contributed by atoms with Crippen LogP contribution in [0.4, 0.5) is 5.82 Å². The minimum absolute atomic E-state index is 0.211. The first-order valence-corrected chi connectivity index (χ1v) is 11.1. The van der Waals surface area contributed by atoms with Crippen molar-refractivity contribution in [2.24, 2.45) is 0 Å². The zero-order valence-electron chi connectivity index (χ0n) is 18.8. The number of carboxylic acids is 1. The summed E-state index contributed by atoms with van der Waals surface area (Å²) in [6.07, 6.45) is 3.19. The van der Waals surface area contributed by atoms with E-state index in [1.165, 1.54) is 0 Å². The van der Waals surface area contributed by atoms with Crippen LogP contribution < -0.4 is 5.32 Å². The molecule has 6 nitrogen and oxygen atoms in total. The van der Waals surface area contributed by atoms with Crippen molar-refractivity contribution >= 4 is 11.8 Å². The van der Waals surface area contributed by atoms with Gasteiger partial charge in [0.1, 0.15) is 23.4 Å². The summed E-state index contributed by atoms with van der Waals surface area (Å²) in [4.78, 5) is 21.5. The van der Waals surface area contributed by atoms with Crippen molar-refractivity contribution in [1.82, 2.24) is 9.97 Å². The van der Waals surface area contributed by atoms with Gasteiger partial charge in [0.05, 0.1) is 17.6 Å². The van der Waals surface area contributed by atoms with Crippen LogP contribution in [0.3, 0.4) is 0 Å². The van der Waals surface area contributed by atoms with E-state index in [0.29, 0.717) is 23.7 Å². The van der Waals surface area contributed by atoms with Gasteiger partial charge in [-0.3, -0.25) is 0 Å². The van der Waals surface area contributed by atoms with Crippen LogP contribution in [0.15, 0.2) is 77.3 Å². The maximum atomic E-state index is 12.1. The Kier molecular flexibility index (Phi) is 6.83. The van der Waals surface area contributed by atoms with E-state index in [2.05, 4.69) is 10.3 Å². The minimum Gasteiger partial charge on any atom is -0.480 e. The Balaban J connectivity index is 1.65. The number of hydrogen-bond donors (Lipinski definition) is 2. The number of anilines is 1. The van der Waals surface area contributed by atoms with Crippen molar-refractivity contribution in [3.05, 3.63) is 101 Å². The molecule has 0 saturated heterocycles.